The van der Waals surface area contributed by atoms with Crippen molar-refractivity contribution in [1.82, 2.24) is 0 Å². The van der Waals surface area contributed by atoms with Gasteiger partial charge >= 0.3 is 0 Å². The van der Waals surface area contributed by atoms with E-state index in [0.29, 0.717) is 16.8 Å². The molecule has 4 heteroatoms. The zero-order chi connectivity index (χ0) is 10.7. The standard InChI is InChI=1S/C11H12BrFO2/c12-10-6-8(13)3-4-11(10)15-7-9-2-1-5-14-9/h3-4,6,9H,1-2,5,7H2. The summed E-state index contributed by atoms with van der Waals surface area (Å²) in [4.78, 5) is 0. The molecule has 1 aromatic rings. The first-order valence-corrected chi connectivity index (χ1v) is 5.74. The highest BCUT2D eigenvalue weighted by molar-refractivity contribution is 9.10. The molecule has 1 aliphatic rings. The lowest BCUT2D eigenvalue weighted by atomic mass is 10.2. The van der Waals surface area contributed by atoms with Gasteiger partial charge in [0.2, 0.25) is 0 Å². The van der Waals surface area contributed by atoms with Crippen molar-refractivity contribution in [3.8, 4) is 5.75 Å². The molecule has 0 radical (unpaired) electrons. The lowest BCUT2D eigenvalue weighted by Gasteiger charge is -2.12. The molecular weight excluding hydrogens is 263 g/mol. The van der Waals surface area contributed by atoms with Crippen LogP contribution in [-0.4, -0.2) is 19.3 Å². The molecule has 0 amide bonds. The molecule has 15 heavy (non-hydrogen) atoms. The molecule has 0 bridgehead atoms. The molecule has 1 heterocycles. The summed E-state index contributed by atoms with van der Waals surface area (Å²) in [6.45, 7) is 1.35. The predicted octanol–water partition coefficient (Wildman–Crippen LogP) is 3.15. The van der Waals surface area contributed by atoms with E-state index in [0.717, 1.165) is 19.4 Å². The first-order valence-electron chi connectivity index (χ1n) is 4.95. The van der Waals surface area contributed by atoms with Crippen molar-refractivity contribution in [3.05, 3.63) is 28.5 Å². The second-order valence-corrected chi connectivity index (χ2v) is 4.38. The smallest absolute Gasteiger partial charge is 0.133 e. The molecule has 0 spiro atoms. The molecule has 2 rings (SSSR count). The van der Waals surface area contributed by atoms with E-state index in [4.69, 9.17) is 9.47 Å². The number of ether oxygens (including phenoxy) is 2. The van der Waals surface area contributed by atoms with E-state index in [1.165, 1.54) is 12.1 Å². The summed E-state index contributed by atoms with van der Waals surface area (Å²) in [5.74, 6) is 0.387. The second-order valence-electron chi connectivity index (χ2n) is 3.52. The topological polar surface area (TPSA) is 18.5 Å². The second kappa shape index (κ2) is 4.94. The Bertz CT molecular complexity index is 337. The predicted molar refractivity (Wildman–Crippen MR) is 58.6 cm³/mol. The molecule has 0 aromatic heterocycles. The van der Waals surface area contributed by atoms with Crippen molar-refractivity contribution < 1.29 is 13.9 Å². The van der Waals surface area contributed by atoms with Crippen molar-refractivity contribution in [3.63, 3.8) is 0 Å². The van der Waals surface area contributed by atoms with Gasteiger partial charge in [-0.05, 0) is 47.0 Å². The van der Waals surface area contributed by atoms with E-state index >= 15 is 0 Å². The van der Waals surface area contributed by atoms with Crippen LogP contribution in [0, 0.1) is 5.82 Å². The van der Waals surface area contributed by atoms with Gasteiger partial charge in [-0.25, -0.2) is 4.39 Å². The Morgan fingerprint density at radius 1 is 1.53 bits per heavy atom. The number of hydrogen-bond donors (Lipinski definition) is 0. The van der Waals surface area contributed by atoms with E-state index in [-0.39, 0.29) is 11.9 Å². The summed E-state index contributed by atoms with van der Waals surface area (Å²) in [5.41, 5.74) is 0. The Balaban J connectivity index is 1.92. The molecule has 1 aromatic carbocycles. The molecule has 1 saturated heterocycles. The summed E-state index contributed by atoms with van der Waals surface area (Å²) in [6, 6.07) is 4.40. The van der Waals surface area contributed by atoms with Gasteiger partial charge in [0.25, 0.3) is 0 Å². The van der Waals surface area contributed by atoms with E-state index < -0.39 is 0 Å². The minimum Gasteiger partial charge on any atom is -0.490 e. The van der Waals surface area contributed by atoms with Crippen molar-refractivity contribution in [2.45, 2.75) is 18.9 Å². The third-order valence-corrected chi connectivity index (χ3v) is 2.96. The van der Waals surface area contributed by atoms with Crippen LogP contribution in [0.2, 0.25) is 0 Å². The van der Waals surface area contributed by atoms with Gasteiger partial charge in [0.05, 0.1) is 10.6 Å². The highest BCUT2D eigenvalue weighted by atomic mass is 79.9. The normalized spacial score (nSPS) is 20.5. The van der Waals surface area contributed by atoms with Gasteiger partial charge in [0, 0.05) is 6.61 Å². The maximum Gasteiger partial charge on any atom is 0.133 e. The molecule has 1 atom stereocenters. The summed E-state index contributed by atoms with van der Waals surface area (Å²) < 4.78 is 24.4. The van der Waals surface area contributed by atoms with Gasteiger partial charge in [-0.1, -0.05) is 0 Å². The van der Waals surface area contributed by atoms with E-state index in [9.17, 15) is 4.39 Å². The van der Waals surface area contributed by atoms with Crippen LogP contribution in [0.3, 0.4) is 0 Å². The minimum absolute atomic E-state index is 0.182. The van der Waals surface area contributed by atoms with Gasteiger partial charge in [-0.3, -0.25) is 0 Å². The van der Waals surface area contributed by atoms with Crippen molar-refractivity contribution >= 4 is 15.9 Å². The maximum absolute atomic E-state index is 12.8. The van der Waals surface area contributed by atoms with Crippen molar-refractivity contribution in [2.75, 3.05) is 13.2 Å². The molecule has 1 unspecified atom stereocenters. The van der Waals surface area contributed by atoms with Crippen LogP contribution < -0.4 is 4.74 Å². The fraction of sp³-hybridized carbons (Fsp3) is 0.455. The van der Waals surface area contributed by atoms with Gasteiger partial charge in [-0.15, -0.1) is 0 Å². The van der Waals surface area contributed by atoms with Gasteiger partial charge in [-0.2, -0.15) is 0 Å². The average Bonchev–Trinajstić information content (AvgIpc) is 2.69. The number of hydrogen-bond acceptors (Lipinski definition) is 2. The van der Waals surface area contributed by atoms with Crippen LogP contribution >= 0.6 is 15.9 Å². The number of halogens is 2. The molecule has 0 aliphatic carbocycles. The Hall–Kier alpha value is -0.610. The summed E-state index contributed by atoms with van der Waals surface area (Å²) in [5, 5.41) is 0. The Kier molecular flexibility index (Phi) is 3.59. The van der Waals surface area contributed by atoms with Crippen LogP contribution in [0.5, 0.6) is 5.75 Å². The maximum atomic E-state index is 12.8. The minimum atomic E-state index is -0.272. The molecular formula is C11H12BrFO2. The van der Waals surface area contributed by atoms with Gasteiger partial charge in [0.15, 0.2) is 0 Å². The van der Waals surface area contributed by atoms with E-state index in [2.05, 4.69) is 15.9 Å². The van der Waals surface area contributed by atoms with Gasteiger partial charge < -0.3 is 9.47 Å². The van der Waals surface area contributed by atoms with Crippen molar-refractivity contribution in [1.29, 1.82) is 0 Å². The fourth-order valence-corrected chi connectivity index (χ4v) is 2.02. The number of rotatable bonds is 3. The SMILES string of the molecule is Fc1ccc(OCC2CCCO2)c(Br)c1. The van der Waals surface area contributed by atoms with Crippen LogP contribution in [0.25, 0.3) is 0 Å². The zero-order valence-electron chi connectivity index (χ0n) is 8.21. The highest BCUT2D eigenvalue weighted by Gasteiger charge is 2.16. The Morgan fingerprint density at radius 2 is 2.40 bits per heavy atom. The van der Waals surface area contributed by atoms with Crippen LogP contribution in [0.15, 0.2) is 22.7 Å². The molecule has 0 N–H and O–H groups in total. The Labute approximate surface area is 96.5 Å². The van der Waals surface area contributed by atoms with Crippen LogP contribution in [0.4, 0.5) is 4.39 Å². The lowest BCUT2D eigenvalue weighted by Crippen LogP contribution is -2.16. The summed E-state index contributed by atoms with van der Waals surface area (Å²) in [7, 11) is 0. The molecule has 2 nitrogen and oxygen atoms in total. The molecule has 0 saturated carbocycles. The van der Waals surface area contributed by atoms with E-state index in [1.54, 1.807) is 6.07 Å². The third-order valence-electron chi connectivity index (χ3n) is 2.34. The fourth-order valence-electron chi connectivity index (χ4n) is 1.55. The quantitative estimate of drug-likeness (QED) is 0.843. The molecule has 82 valence electrons. The van der Waals surface area contributed by atoms with E-state index in [1.807, 2.05) is 0 Å². The number of benzene rings is 1. The molecule has 1 fully saturated rings. The van der Waals surface area contributed by atoms with Gasteiger partial charge in [0.1, 0.15) is 18.2 Å². The summed E-state index contributed by atoms with van der Waals surface area (Å²) >= 11 is 3.25. The summed E-state index contributed by atoms with van der Waals surface area (Å²) in [6.07, 6.45) is 2.32. The highest BCUT2D eigenvalue weighted by Crippen LogP contribution is 2.26. The van der Waals surface area contributed by atoms with Crippen LogP contribution in [0.1, 0.15) is 12.8 Å². The average molecular weight is 275 g/mol. The largest absolute Gasteiger partial charge is 0.490 e. The first kappa shape index (κ1) is 10.9. The first-order chi connectivity index (χ1) is 7.25. The Morgan fingerprint density at radius 3 is 3.07 bits per heavy atom. The van der Waals surface area contributed by atoms with Crippen molar-refractivity contribution in [2.24, 2.45) is 0 Å². The monoisotopic (exact) mass is 274 g/mol. The lowest BCUT2D eigenvalue weighted by molar-refractivity contribution is 0.0677. The zero-order valence-corrected chi connectivity index (χ0v) is 9.80. The van der Waals surface area contributed by atoms with Crippen LogP contribution in [-0.2, 0) is 4.74 Å². The molecule has 1 aliphatic heterocycles. The third kappa shape index (κ3) is 2.92.